The lowest BCUT2D eigenvalue weighted by Gasteiger charge is -2.23. The molecule has 1 saturated heterocycles. The Hall–Kier alpha value is -2.60. The molecule has 2 aromatic carbocycles. The minimum absolute atomic E-state index is 0.0343. The first-order valence-corrected chi connectivity index (χ1v) is 12.2. The molecule has 1 aliphatic heterocycles. The zero-order valence-corrected chi connectivity index (χ0v) is 19.2. The van der Waals surface area contributed by atoms with Crippen LogP contribution in [-0.4, -0.2) is 42.5 Å². The van der Waals surface area contributed by atoms with Gasteiger partial charge < -0.3 is 10.1 Å². The van der Waals surface area contributed by atoms with E-state index in [2.05, 4.69) is 15.5 Å². The molecule has 0 saturated carbocycles. The van der Waals surface area contributed by atoms with Crippen LogP contribution in [-0.2, 0) is 10.0 Å². The minimum atomic E-state index is -3.95. The van der Waals surface area contributed by atoms with Gasteiger partial charge in [0.1, 0.15) is 21.5 Å². The molecule has 0 bridgehead atoms. The van der Waals surface area contributed by atoms with Crippen molar-refractivity contribution < 1.29 is 22.3 Å². The predicted octanol–water partition coefficient (Wildman–Crippen LogP) is 4.12. The quantitative estimate of drug-likeness (QED) is 0.551. The van der Waals surface area contributed by atoms with E-state index in [-0.39, 0.29) is 32.9 Å². The third-order valence-electron chi connectivity index (χ3n) is 4.92. The fourth-order valence-electron chi connectivity index (χ4n) is 3.46. The number of rotatable bonds is 6. The van der Waals surface area contributed by atoms with Gasteiger partial charge in [-0.1, -0.05) is 29.0 Å². The van der Waals surface area contributed by atoms with Crippen LogP contribution < -0.4 is 10.1 Å². The molecule has 2 heterocycles. The standard InChI is InChI=1S/C20H18ClFN4O4S2/c1-30-16-8-7-12(21)10-17(16)32(28,29)26-9-3-6-15(26)19-24-25-20(31-19)18(27)23-14-5-2-4-13(22)11-14/h2,4-5,7-8,10-11,15H,3,6,9H2,1H3,(H,23,27)/t15-/m1/s1. The fourth-order valence-corrected chi connectivity index (χ4v) is 6.50. The van der Waals surface area contributed by atoms with Gasteiger partial charge in [0.2, 0.25) is 15.0 Å². The number of benzene rings is 2. The van der Waals surface area contributed by atoms with Gasteiger partial charge in [0, 0.05) is 17.3 Å². The number of carbonyl (C=O) groups excluding carboxylic acids is 1. The van der Waals surface area contributed by atoms with Crippen molar-refractivity contribution in [1.29, 1.82) is 0 Å². The zero-order chi connectivity index (χ0) is 22.9. The fraction of sp³-hybridized carbons (Fsp3) is 0.250. The van der Waals surface area contributed by atoms with Crippen molar-refractivity contribution in [3.8, 4) is 5.75 Å². The Kier molecular flexibility index (Phi) is 6.42. The number of aromatic nitrogens is 2. The molecule has 8 nitrogen and oxygen atoms in total. The first-order chi connectivity index (χ1) is 15.3. The number of hydrogen-bond acceptors (Lipinski definition) is 7. The van der Waals surface area contributed by atoms with E-state index in [9.17, 15) is 17.6 Å². The molecule has 1 aliphatic rings. The van der Waals surface area contributed by atoms with Gasteiger partial charge in [-0.25, -0.2) is 12.8 Å². The highest BCUT2D eigenvalue weighted by molar-refractivity contribution is 7.89. The number of sulfonamides is 1. The molecule has 1 atom stereocenters. The number of ether oxygens (including phenoxy) is 1. The summed E-state index contributed by atoms with van der Waals surface area (Å²) in [5.74, 6) is -0.847. The molecule has 0 aliphatic carbocycles. The summed E-state index contributed by atoms with van der Waals surface area (Å²) in [5, 5.41) is 11.3. The van der Waals surface area contributed by atoms with E-state index in [1.807, 2.05) is 0 Å². The van der Waals surface area contributed by atoms with Gasteiger partial charge in [-0.05, 0) is 49.2 Å². The highest BCUT2D eigenvalue weighted by atomic mass is 35.5. The second-order valence-corrected chi connectivity index (χ2v) is 10.3. The predicted molar refractivity (Wildman–Crippen MR) is 118 cm³/mol. The first kappa shape index (κ1) is 22.6. The minimum Gasteiger partial charge on any atom is -0.495 e. The maximum absolute atomic E-state index is 13.4. The molecule has 0 spiro atoms. The molecule has 12 heteroatoms. The molecule has 0 unspecified atom stereocenters. The number of halogens is 2. The van der Waals surface area contributed by atoms with Gasteiger partial charge in [0.15, 0.2) is 0 Å². The molecular formula is C20H18ClFN4O4S2. The van der Waals surface area contributed by atoms with Crippen molar-refractivity contribution in [1.82, 2.24) is 14.5 Å². The van der Waals surface area contributed by atoms with Gasteiger partial charge >= 0.3 is 0 Å². The largest absolute Gasteiger partial charge is 0.495 e. The Balaban J connectivity index is 1.59. The number of anilines is 1. The molecule has 3 aromatic rings. The Labute approximate surface area is 193 Å². The second kappa shape index (κ2) is 9.10. The maximum atomic E-state index is 13.4. The van der Waals surface area contributed by atoms with Crippen molar-refractivity contribution in [3.63, 3.8) is 0 Å². The molecular weight excluding hydrogens is 479 g/mol. The highest BCUT2D eigenvalue weighted by Crippen LogP contribution is 2.40. The van der Waals surface area contributed by atoms with Crippen LogP contribution in [0, 0.1) is 5.82 Å². The van der Waals surface area contributed by atoms with Crippen LogP contribution in [0.3, 0.4) is 0 Å². The van der Waals surface area contributed by atoms with Gasteiger partial charge in [-0.3, -0.25) is 4.79 Å². The summed E-state index contributed by atoms with van der Waals surface area (Å²) >= 11 is 7.03. The van der Waals surface area contributed by atoms with Gasteiger partial charge in [0.05, 0.1) is 13.2 Å². The third kappa shape index (κ3) is 4.46. The van der Waals surface area contributed by atoms with Crippen LogP contribution in [0.25, 0.3) is 0 Å². The lowest BCUT2D eigenvalue weighted by atomic mass is 10.2. The van der Waals surface area contributed by atoms with Crippen LogP contribution >= 0.6 is 22.9 Å². The second-order valence-electron chi connectivity index (χ2n) is 6.98. The molecule has 1 fully saturated rings. The van der Waals surface area contributed by atoms with E-state index in [4.69, 9.17) is 16.3 Å². The summed E-state index contributed by atoms with van der Waals surface area (Å²) in [7, 11) is -2.56. The van der Waals surface area contributed by atoms with Crippen LogP contribution in [0.2, 0.25) is 5.02 Å². The SMILES string of the molecule is COc1ccc(Cl)cc1S(=O)(=O)N1CCC[C@@H]1c1nnc(C(=O)Nc2cccc(F)c2)s1. The number of carbonyl (C=O) groups is 1. The monoisotopic (exact) mass is 496 g/mol. The van der Waals surface area contributed by atoms with Gasteiger partial charge in [-0.15, -0.1) is 10.2 Å². The molecule has 1 N–H and O–H groups in total. The van der Waals surface area contributed by atoms with E-state index in [1.54, 1.807) is 12.1 Å². The molecule has 4 rings (SSSR count). The maximum Gasteiger partial charge on any atom is 0.286 e. The van der Waals surface area contributed by atoms with Gasteiger partial charge in [-0.2, -0.15) is 4.31 Å². The Bertz CT molecular complexity index is 1270. The Morgan fingerprint density at radius 2 is 2.09 bits per heavy atom. The number of methoxy groups -OCH3 is 1. The van der Waals surface area contributed by atoms with Crippen molar-refractivity contribution in [2.45, 2.75) is 23.8 Å². The first-order valence-electron chi connectivity index (χ1n) is 9.55. The van der Waals surface area contributed by atoms with E-state index in [1.165, 1.54) is 41.7 Å². The molecule has 32 heavy (non-hydrogen) atoms. The molecule has 1 amide bonds. The number of nitrogens with one attached hydrogen (secondary N) is 1. The number of amides is 1. The van der Waals surface area contributed by atoms with E-state index in [0.717, 1.165) is 11.3 Å². The topological polar surface area (TPSA) is 101 Å². The van der Waals surface area contributed by atoms with Crippen LogP contribution in [0.15, 0.2) is 47.4 Å². The van der Waals surface area contributed by atoms with Crippen LogP contribution in [0.4, 0.5) is 10.1 Å². The van der Waals surface area contributed by atoms with Crippen molar-refractivity contribution in [2.75, 3.05) is 19.0 Å². The summed E-state index contributed by atoms with van der Waals surface area (Å²) in [5.41, 5.74) is 0.282. The summed E-state index contributed by atoms with van der Waals surface area (Å²) in [4.78, 5) is 12.5. The van der Waals surface area contributed by atoms with E-state index >= 15 is 0 Å². The van der Waals surface area contributed by atoms with Crippen molar-refractivity contribution in [2.24, 2.45) is 0 Å². The van der Waals surface area contributed by atoms with Gasteiger partial charge in [0.25, 0.3) is 5.91 Å². The zero-order valence-electron chi connectivity index (χ0n) is 16.8. The summed E-state index contributed by atoms with van der Waals surface area (Å²) in [6, 6.07) is 9.30. The molecule has 0 radical (unpaired) electrons. The number of nitrogens with zero attached hydrogens (tertiary/aromatic N) is 3. The lowest BCUT2D eigenvalue weighted by molar-refractivity contribution is 0.102. The Morgan fingerprint density at radius 1 is 1.28 bits per heavy atom. The van der Waals surface area contributed by atoms with Crippen molar-refractivity contribution in [3.05, 3.63) is 63.3 Å². The normalized spacial score (nSPS) is 16.8. The van der Waals surface area contributed by atoms with Crippen molar-refractivity contribution >= 4 is 44.6 Å². The Morgan fingerprint density at radius 3 is 2.84 bits per heavy atom. The summed E-state index contributed by atoms with van der Waals surface area (Å²) in [6.07, 6.45) is 1.15. The smallest absolute Gasteiger partial charge is 0.286 e. The average molecular weight is 497 g/mol. The van der Waals surface area contributed by atoms with E-state index < -0.39 is 27.8 Å². The third-order valence-corrected chi connectivity index (χ3v) is 8.11. The van der Waals surface area contributed by atoms with E-state index in [0.29, 0.717) is 17.8 Å². The lowest BCUT2D eigenvalue weighted by Crippen LogP contribution is -2.31. The summed E-state index contributed by atoms with van der Waals surface area (Å²) < 4.78 is 46.7. The average Bonchev–Trinajstić information content (AvgIpc) is 3.43. The number of hydrogen-bond donors (Lipinski definition) is 1. The summed E-state index contributed by atoms with van der Waals surface area (Å²) in [6.45, 7) is 0.285. The molecule has 168 valence electrons. The highest BCUT2D eigenvalue weighted by Gasteiger charge is 2.39. The molecule has 1 aromatic heterocycles. The van der Waals surface area contributed by atoms with Crippen LogP contribution in [0.1, 0.15) is 33.7 Å². The van der Waals surface area contributed by atoms with Crippen LogP contribution in [0.5, 0.6) is 5.75 Å².